The van der Waals surface area contributed by atoms with Gasteiger partial charge in [-0.3, -0.25) is 4.79 Å². The molecule has 1 saturated heterocycles. The highest BCUT2D eigenvalue weighted by molar-refractivity contribution is 7.89. The van der Waals surface area contributed by atoms with E-state index in [0.717, 1.165) is 24.0 Å². The molecule has 0 bridgehead atoms. The fourth-order valence-electron chi connectivity index (χ4n) is 3.64. The van der Waals surface area contributed by atoms with Crippen molar-refractivity contribution in [2.75, 3.05) is 18.4 Å². The quantitative estimate of drug-likeness (QED) is 0.860. The number of anilines is 1. The minimum Gasteiger partial charge on any atom is -0.353 e. The Labute approximate surface area is 154 Å². The van der Waals surface area contributed by atoms with Crippen LogP contribution in [-0.2, 0) is 10.0 Å². The average Bonchev–Trinajstić information content (AvgIpc) is 3.14. The van der Waals surface area contributed by atoms with Crippen molar-refractivity contribution in [1.29, 1.82) is 0 Å². The third-order valence-electron chi connectivity index (χ3n) is 4.74. The molecular weight excluding hydrogens is 350 g/mol. The molecule has 1 fully saturated rings. The first kappa shape index (κ1) is 18.7. The monoisotopic (exact) mass is 375 g/mol. The molecule has 0 spiro atoms. The lowest BCUT2D eigenvalue weighted by Gasteiger charge is -2.16. The van der Waals surface area contributed by atoms with E-state index in [2.05, 4.69) is 10.3 Å². The SMILES string of the molecule is Cc1cc(C)cc(NC(=O)c2[nH]c(C)c(S(=O)(=O)N3CCCC3)c2C)c1. The molecule has 3 rings (SSSR count). The van der Waals surface area contributed by atoms with Gasteiger partial charge < -0.3 is 10.3 Å². The topological polar surface area (TPSA) is 82.3 Å². The molecule has 0 aliphatic carbocycles. The summed E-state index contributed by atoms with van der Waals surface area (Å²) in [6, 6.07) is 5.80. The van der Waals surface area contributed by atoms with Gasteiger partial charge in [-0.25, -0.2) is 8.42 Å². The van der Waals surface area contributed by atoms with Crippen LogP contribution in [0.15, 0.2) is 23.1 Å². The molecule has 1 aliphatic heterocycles. The van der Waals surface area contributed by atoms with Crippen LogP contribution in [0.4, 0.5) is 5.69 Å². The Morgan fingerprint density at radius 3 is 2.19 bits per heavy atom. The summed E-state index contributed by atoms with van der Waals surface area (Å²) < 4.78 is 27.4. The summed E-state index contributed by atoms with van der Waals surface area (Å²) in [7, 11) is -3.58. The Morgan fingerprint density at radius 1 is 1.04 bits per heavy atom. The zero-order valence-corrected chi connectivity index (χ0v) is 16.5. The molecule has 26 heavy (non-hydrogen) atoms. The van der Waals surface area contributed by atoms with Gasteiger partial charge in [0.15, 0.2) is 0 Å². The predicted octanol–water partition coefficient (Wildman–Crippen LogP) is 3.29. The zero-order valence-electron chi connectivity index (χ0n) is 15.6. The Hall–Kier alpha value is -2.12. The van der Waals surface area contributed by atoms with Crippen molar-refractivity contribution < 1.29 is 13.2 Å². The van der Waals surface area contributed by atoms with Crippen molar-refractivity contribution in [2.24, 2.45) is 0 Å². The highest BCUT2D eigenvalue weighted by atomic mass is 32.2. The fraction of sp³-hybridized carbons (Fsp3) is 0.421. The average molecular weight is 375 g/mol. The lowest BCUT2D eigenvalue weighted by molar-refractivity contribution is 0.102. The second-order valence-corrected chi connectivity index (χ2v) is 8.90. The first-order chi connectivity index (χ1) is 12.2. The van der Waals surface area contributed by atoms with E-state index in [9.17, 15) is 13.2 Å². The van der Waals surface area contributed by atoms with Crippen LogP contribution in [0.2, 0.25) is 0 Å². The van der Waals surface area contributed by atoms with Crippen molar-refractivity contribution in [3.63, 3.8) is 0 Å². The Kier molecular flexibility index (Phi) is 4.94. The van der Waals surface area contributed by atoms with Gasteiger partial charge in [-0.2, -0.15) is 4.31 Å². The summed E-state index contributed by atoms with van der Waals surface area (Å²) in [5.74, 6) is -0.335. The molecular formula is C19H25N3O3S. The van der Waals surface area contributed by atoms with E-state index >= 15 is 0 Å². The molecule has 7 heteroatoms. The van der Waals surface area contributed by atoms with E-state index in [4.69, 9.17) is 0 Å². The van der Waals surface area contributed by atoms with Crippen molar-refractivity contribution in [2.45, 2.75) is 45.4 Å². The third kappa shape index (κ3) is 3.41. The zero-order chi connectivity index (χ0) is 19.1. The lowest BCUT2D eigenvalue weighted by Crippen LogP contribution is -2.28. The number of aromatic amines is 1. The molecule has 0 unspecified atom stereocenters. The van der Waals surface area contributed by atoms with Crippen LogP contribution in [0.3, 0.4) is 0 Å². The highest BCUT2D eigenvalue weighted by Crippen LogP contribution is 2.29. The first-order valence-electron chi connectivity index (χ1n) is 8.79. The molecule has 2 heterocycles. The Balaban J connectivity index is 1.93. The van der Waals surface area contributed by atoms with Gasteiger partial charge in [0, 0.05) is 24.5 Å². The second-order valence-electron chi connectivity index (χ2n) is 7.02. The van der Waals surface area contributed by atoms with Gasteiger partial charge in [-0.1, -0.05) is 6.07 Å². The molecule has 0 atom stereocenters. The first-order valence-corrected chi connectivity index (χ1v) is 10.2. The van der Waals surface area contributed by atoms with Crippen LogP contribution in [-0.4, -0.2) is 36.7 Å². The van der Waals surface area contributed by atoms with Gasteiger partial charge in [-0.15, -0.1) is 0 Å². The normalized spacial score (nSPS) is 15.4. The van der Waals surface area contributed by atoms with Crippen molar-refractivity contribution in [3.05, 3.63) is 46.3 Å². The number of hydrogen-bond acceptors (Lipinski definition) is 3. The Morgan fingerprint density at radius 2 is 1.62 bits per heavy atom. The second kappa shape index (κ2) is 6.89. The van der Waals surface area contributed by atoms with Crippen LogP contribution in [0, 0.1) is 27.7 Å². The fourth-order valence-corrected chi connectivity index (χ4v) is 5.57. The Bertz CT molecular complexity index is 934. The number of carbonyl (C=O) groups excluding carboxylic acids is 1. The van der Waals surface area contributed by atoms with Crippen LogP contribution in [0.25, 0.3) is 0 Å². The molecule has 2 aromatic rings. The van der Waals surface area contributed by atoms with Crippen molar-refractivity contribution in [3.8, 4) is 0 Å². The van der Waals surface area contributed by atoms with Gasteiger partial charge in [0.25, 0.3) is 5.91 Å². The van der Waals surface area contributed by atoms with Crippen molar-refractivity contribution >= 4 is 21.6 Å². The van der Waals surface area contributed by atoms with Gasteiger partial charge in [0.05, 0.1) is 0 Å². The van der Waals surface area contributed by atoms with Crippen LogP contribution < -0.4 is 5.32 Å². The molecule has 0 saturated carbocycles. The number of nitrogens with one attached hydrogen (secondary N) is 2. The number of sulfonamides is 1. The maximum absolute atomic E-state index is 12.9. The molecule has 1 aliphatic rings. The molecule has 140 valence electrons. The maximum Gasteiger partial charge on any atom is 0.272 e. The lowest BCUT2D eigenvalue weighted by atomic mass is 10.1. The minimum absolute atomic E-state index is 0.227. The number of hydrogen-bond donors (Lipinski definition) is 2. The van der Waals surface area contributed by atoms with E-state index in [1.165, 1.54) is 4.31 Å². The molecule has 6 nitrogen and oxygen atoms in total. The number of nitrogens with zero attached hydrogens (tertiary/aromatic N) is 1. The highest BCUT2D eigenvalue weighted by Gasteiger charge is 2.33. The van der Waals surface area contributed by atoms with Gasteiger partial charge in [0.1, 0.15) is 10.6 Å². The van der Waals surface area contributed by atoms with Crippen LogP contribution >= 0.6 is 0 Å². The van der Waals surface area contributed by atoms with Gasteiger partial charge >= 0.3 is 0 Å². The number of rotatable bonds is 4. The van der Waals surface area contributed by atoms with Gasteiger partial charge in [0.2, 0.25) is 10.0 Å². The standard InChI is InChI=1S/C19H25N3O3S/c1-12-9-13(2)11-16(10-12)21-19(23)17-14(3)18(15(4)20-17)26(24,25)22-7-5-6-8-22/h9-11,20H,5-8H2,1-4H3,(H,21,23). The number of amides is 1. The number of benzene rings is 1. The number of aryl methyl sites for hydroxylation is 3. The maximum atomic E-state index is 12.9. The number of carbonyl (C=O) groups is 1. The van der Waals surface area contributed by atoms with E-state index in [-0.39, 0.29) is 10.8 Å². The summed E-state index contributed by atoms with van der Waals surface area (Å²) in [5, 5.41) is 2.86. The third-order valence-corrected chi connectivity index (χ3v) is 6.91. The summed E-state index contributed by atoms with van der Waals surface area (Å²) in [6.45, 7) is 8.39. The summed E-state index contributed by atoms with van der Waals surface area (Å²) >= 11 is 0. The van der Waals surface area contributed by atoms with Crippen LogP contribution in [0.1, 0.15) is 45.7 Å². The summed E-state index contributed by atoms with van der Waals surface area (Å²) in [4.78, 5) is 15.9. The number of aromatic nitrogens is 1. The van der Waals surface area contributed by atoms with Gasteiger partial charge in [-0.05, 0) is 69.4 Å². The molecule has 0 radical (unpaired) electrons. The van der Waals surface area contributed by atoms with E-state index in [0.29, 0.717) is 35.7 Å². The minimum atomic E-state index is -3.58. The molecule has 1 aromatic carbocycles. The smallest absolute Gasteiger partial charge is 0.272 e. The number of H-pyrrole nitrogens is 1. The largest absolute Gasteiger partial charge is 0.353 e. The molecule has 1 aromatic heterocycles. The van der Waals surface area contributed by atoms with Crippen LogP contribution in [0.5, 0.6) is 0 Å². The summed E-state index contributed by atoms with van der Waals surface area (Å²) in [5.41, 5.74) is 4.06. The van der Waals surface area contributed by atoms with E-state index in [1.54, 1.807) is 13.8 Å². The predicted molar refractivity (Wildman–Crippen MR) is 102 cm³/mol. The molecule has 1 amide bonds. The van der Waals surface area contributed by atoms with E-state index in [1.807, 2.05) is 32.0 Å². The molecule has 2 N–H and O–H groups in total. The van der Waals surface area contributed by atoms with E-state index < -0.39 is 10.0 Å². The summed E-state index contributed by atoms with van der Waals surface area (Å²) in [6.07, 6.45) is 1.75. The van der Waals surface area contributed by atoms with Crippen molar-refractivity contribution in [1.82, 2.24) is 9.29 Å².